The van der Waals surface area contributed by atoms with Gasteiger partial charge in [0.25, 0.3) is 0 Å². The zero-order chi connectivity index (χ0) is 14.5. The number of aromatic nitrogens is 1. The maximum absolute atomic E-state index is 12.5. The number of carbonyl (C=O) groups excluding carboxylic acids is 1. The molecule has 0 radical (unpaired) electrons. The first-order valence-corrected chi connectivity index (χ1v) is 7.60. The van der Waals surface area contributed by atoms with Crippen molar-refractivity contribution in [1.29, 1.82) is 0 Å². The molecule has 1 aliphatic rings. The Balaban J connectivity index is 2.05. The molecule has 1 N–H and O–H groups in total. The quantitative estimate of drug-likeness (QED) is 0.888. The van der Waals surface area contributed by atoms with E-state index in [1.165, 1.54) is 0 Å². The minimum Gasteiger partial charge on any atom is -0.361 e. The lowest BCUT2D eigenvalue weighted by atomic mass is 10.0. The fourth-order valence-corrected chi connectivity index (χ4v) is 2.84. The van der Waals surface area contributed by atoms with Gasteiger partial charge < -0.3 is 14.7 Å². The second kappa shape index (κ2) is 6.88. The van der Waals surface area contributed by atoms with Crippen LogP contribution in [0.15, 0.2) is 4.52 Å². The molecular formula is C15H25N3O2. The third-order valence-electron chi connectivity index (χ3n) is 4.12. The van der Waals surface area contributed by atoms with Gasteiger partial charge in [-0.15, -0.1) is 0 Å². The van der Waals surface area contributed by atoms with Crippen LogP contribution < -0.4 is 5.32 Å². The second-order valence-electron chi connectivity index (χ2n) is 5.38. The highest BCUT2D eigenvalue weighted by Crippen LogP contribution is 2.19. The Hall–Kier alpha value is -1.36. The standard InChI is InChI=1S/C15H25N3O2/c1-4-13-12(14(5-2)20-17-13)9-15(19)18-8-6-7-11(10-18)16-3/h11,16H,4-10H2,1-3H3/t11-/m0/s1. The fraction of sp³-hybridized carbons (Fsp3) is 0.733. The van der Waals surface area contributed by atoms with E-state index in [1.807, 2.05) is 25.8 Å². The summed E-state index contributed by atoms with van der Waals surface area (Å²) in [6, 6.07) is 0.423. The van der Waals surface area contributed by atoms with Crippen molar-refractivity contribution in [1.82, 2.24) is 15.4 Å². The normalized spacial score (nSPS) is 19.4. The zero-order valence-electron chi connectivity index (χ0n) is 12.7. The van der Waals surface area contributed by atoms with Gasteiger partial charge in [-0.3, -0.25) is 4.79 Å². The predicted molar refractivity (Wildman–Crippen MR) is 77.6 cm³/mol. The smallest absolute Gasteiger partial charge is 0.227 e. The molecule has 0 unspecified atom stereocenters. The van der Waals surface area contributed by atoms with Gasteiger partial charge in [0.2, 0.25) is 5.91 Å². The van der Waals surface area contributed by atoms with Crippen LogP contribution in [0, 0.1) is 0 Å². The lowest BCUT2D eigenvalue weighted by Crippen LogP contribution is -2.47. The van der Waals surface area contributed by atoms with Crippen molar-refractivity contribution in [2.24, 2.45) is 0 Å². The van der Waals surface area contributed by atoms with Crippen LogP contribution in [0.4, 0.5) is 0 Å². The van der Waals surface area contributed by atoms with Gasteiger partial charge in [0.1, 0.15) is 5.76 Å². The maximum atomic E-state index is 12.5. The van der Waals surface area contributed by atoms with Crippen LogP contribution >= 0.6 is 0 Å². The van der Waals surface area contributed by atoms with Crippen LogP contribution in [0.25, 0.3) is 0 Å². The van der Waals surface area contributed by atoms with E-state index in [9.17, 15) is 4.79 Å². The number of hydrogen-bond acceptors (Lipinski definition) is 4. The van der Waals surface area contributed by atoms with E-state index >= 15 is 0 Å². The van der Waals surface area contributed by atoms with E-state index in [2.05, 4.69) is 10.5 Å². The van der Waals surface area contributed by atoms with E-state index in [-0.39, 0.29) is 5.91 Å². The molecule has 1 aromatic rings. The van der Waals surface area contributed by atoms with Crippen molar-refractivity contribution in [3.8, 4) is 0 Å². The van der Waals surface area contributed by atoms with Crippen LogP contribution in [0.2, 0.25) is 0 Å². The molecule has 0 saturated carbocycles. The number of carbonyl (C=O) groups is 1. The lowest BCUT2D eigenvalue weighted by molar-refractivity contribution is -0.131. The molecule has 1 fully saturated rings. The molecule has 1 aromatic heterocycles. The third-order valence-corrected chi connectivity index (χ3v) is 4.12. The number of rotatable bonds is 5. The van der Waals surface area contributed by atoms with Crippen LogP contribution in [0.5, 0.6) is 0 Å². The number of aryl methyl sites for hydroxylation is 2. The van der Waals surface area contributed by atoms with Gasteiger partial charge in [-0.1, -0.05) is 19.0 Å². The average Bonchev–Trinajstić information content (AvgIpc) is 2.89. The number of likely N-dealkylation sites (tertiary alicyclic amines) is 1. The molecule has 0 spiro atoms. The first-order chi connectivity index (χ1) is 9.69. The Bertz CT molecular complexity index is 434. The summed E-state index contributed by atoms with van der Waals surface area (Å²) in [7, 11) is 1.96. The molecule has 1 amide bonds. The van der Waals surface area contributed by atoms with Gasteiger partial charge in [0.15, 0.2) is 0 Å². The van der Waals surface area contributed by atoms with Crippen molar-refractivity contribution in [2.75, 3.05) is 20.1 Å². The molecule has 0 aromatic carbocycles. The van der Waals surface area contributed by atoms with Gasteiger partial charge in [0.05, 0.1) is 12.1 Å². The molecule has 1 saturated heterocycles. The predicted octanol–water partition coefficient (Wildman–Crippen LogP) is 1.55. The van der Waals surface area contributed by atoms with Gasteiger partial charge in [-0.2, -0.15) is 0 Å². The molecule has 1 atom stereocenters. The summed E-state index contributed by atoms with van der Waals surface area (Å²) < 4.78 is 5.33. The second-order valence-corrected chi connectivity index (χ2v) is 5.38. The van der Waals surface area contributed by atoms with Gasteiger partial charge in [-0.05, 0) is 26.3 Å². The van der Waals surface area contributed by atoms with E-state index in [0.717, 1.165) is 55.8 Å². The molecule has 5 nitrogen and oxygen atoms in total. The van der Waals surface area contributed by atoms with Crippen molar-refractivity contribution < 1.29 is 9.32 Å². The SMILES string of the molecule is CCc1noc(CC)c1CC(=O)N1CCC[C@H](NC)C1. The summed E-state index contributed by atoms with van der Waals surface area (Å²) in [5.74, 6) is 1.05. The molecule has 1 aliphatic heterocycles. The Kier molecular flexibility index (Phi) is 5.17. The maximum Gasteiger partial charge on any atom is 0.227 e. The fourth-order valence-electron chi connectivity index (χ4n) is 2.84. The van der Waals surface area contributed by atoms with Crippen LogP contribution in [-0.4, -0.2) is 42.1 Å². The number of piperidine rings is 1. The molecule has 0 bridgehead atoms. The van der Waals surface area contributed by atoms with Crippen LogP contribution in [0.1, 0.15) is 43.7 Å². The van der Waals surface area contributed by atoms with E-state index in [1.54, 1.807) is 0 Å². The zero-order valence-corrected chi connectivity index (χ0v) is 12.7. The number of amides is 1. The Labute approximate surface area is 120 Å². The number of nitrogens with zero attached hydrogens (tertiary/aromatic N) is 2. The third kappa shape index (κ3) is 3.20. The largest absolute Gasteiger partial charge is 0.361 e. The molecule has 112 valence electrons. The molecule has 20 heavy (non-hydrogen) atoms. The number of likely N-dealkylation sites (N-methyl/N-ethyl adjacent to an activating group) is 1. The summed E-state index contributed by atoms with van der Waals surface area (Å²) in [5.41, 5.74) is 1.93. The van der Waals surface area contributed by atoms with Crippen LogP contribution in [0.3, 0.4) is 0 Å². The number of hydrogen-bond donors (Lipinski definition) is 1. The Morgan fingerprint density at radius 1 is 1.45 bits per heavy atom. The lowest BCUT2D eigenvalue weighted by Gasteiger charge is -2.32. The van der Waals surface area contributed by atoms with Crippen molar-refractivity contribution in [3.63, 3.8) is 0 Å². The minimum atomic E-state index is 0.192. The molecule has 0 aliphatic carbocycles. The summed E-state index contributed by atoms with van der Waals surface area (Å²) in [5, 5.41) is 7.34. The van der Waals surface area contributed by atoms with Gasteiger partial charge in [-0.25, -0.2) is 0 Å². The highest BCUT2D eigenvalue weighted by Gasteiger charge is 2.25. The minimum absolute atomic E-state index is 0.192. The first-order valence-electron chi connectivity index (χ1n) is 7.60. The summed E-state index contributed by atoms with van der Waals surface area (Å²) >= 11 is 0. The summed E-state index contributed by atoms with van der Waals surface area (Å²) in [6.07, 6.45) is 4.24. The molecule has 2 heterocycles. The van der Waals surface area contributed by atoms with Crippen molar-refractivity contribution in [3.05, 3.63) is 17.0 Å². The topological polar surface area (TPSA) is 58.4 Å². The molecular weight excluding hydrogens is 254 g/mol. The van der Waals surface area contributed by atoms with E-state index < -0.39 is 0 Å². The summed E-state index contributed by atoms with van der Waals surface area (Å²) in [4.78, 5) is 14.5. The average molecular weight is 279 g/mol. The van der Waals surface area contributed by atoms with Crippen molar-refractivity contribution >= 4 is 5.91 Å². The Morgan fingerprint density at radius 3 is 2.90 bits per heavy atom. The highest BCUT2D eigenvalue weighted by atomic mass is 16.5. The first kappa shape index (κ1) is 15.0. The Morgan fingerprint density at radius 2 is 2.25 bits per heavy atom. The highest BCUT2D eigenvalue weighted by molar-refractivity contribution is 5.79. The van der Waals surface area contributed by atoms with E-state index in [4.69, 9.17) is 4.52 Å². The number of nitrogens with one attached hydrogen (secondary N) is 1. The van der Waals surface area contributed by atoms with Gasteiger partial charge >= 0.3 is 0 Å². The molecule has 5 heteroatoms. The van der Waals surface area contributed by atoms with Crippen molar-refractivity contribution in [2.45, 2.75) is 52.0 Å². The van der Waals surface area contributed by atoms with E-state index in [0.29, 0.717) is 12.5 Å². The molecule has 2 rings (SSSR count). The van der Waals surface area contributed by atoms with Crippen LogP contribution in [-0.2, 0) is 24.1 Å². The van der Waals surface area contributed by atoms with Gasteiger partial charge in [0, 0.05) is 31.1 Å². The monoisotopic (exact) mass is 279 g/mol. The summed E-state index contributed by atoms with van der Waals surface area (Å²) in [6.45, 7) is 5.75.